The smallest absolute Gasteiger partial charge is 0.239 e. The Kier molecular flexibility index (Phi) is 7.75. The molecule has 1 aromatic rings. The second kappa shape index (κ2) is 8.19. The van der Waals surface area contributed by atoms with Crippen molar-refractivity contribution in [1.82, 2.24) is 5.32 Å². The number of carbonyl (C=O) groups excluding carboxylic acids is 1. The van der Waals surface area contributed by atoms with Crippen LogP contribution in [0.25, 0.3) is 0 Å². The Bertz CT molecular complexity index is 387. The predicted molar refractivity (Wildman–Crippen MR) is 78.9 cm³/mol. The van der Waals surface area contributed by atoms with E-state index in [1.165, 1.54) is 11.3 Å². The van der Waals surface area contributed by atoms with Crippen LogP contribution in [0, 0.1) is 0 Å². The third-order valence-electron chi connectivity index (χ3n) is 2.78. The summed E-state index contributed by atoms with van der Waals surface area (Å²) in [5, 5.41) is 2.78. The summed E-state index contributed by atoms with van der Waals surface area (Å²) in [4.78, 5) is 13.7. The van der Waals surface area contributed by atoms with Crippen molar-refractivity contribution in [2.75, 3.05) is 31.1 Å². The fraction of sp³-hybridized carbons (Fsp3) is 0.417. The van der Waals surface area contributed by atoms with Gasteiger partial charge in [0.25, 0.3) is 0 Å². The summed E-state index contributed by atoms with van der Waals surface area (Å²) < 4.78 is 0. The molecule has 102 valence electrons. The number of amides is 1. The summed E-state index contributed by atoms with van der Waals surface area (Å²) in [6.07, 6.45) is 1.03. The largest absolute Gasteiger partial charge is 0.362 e. The van der Waals surface area contributed by atoms with Crippen molar-refractivity contribution in [2.24, 2.45) is 5.73 Å². The van der Waals surface area contributed by atoms with Crippen LogP contribution in [0.2, 0.25) is 0 Å². The molecule has 1 aliphatic rings. The van der Waals surface area contributed by atoms with Crippen molar-refractivity contribution >= 4 is 36.4 Å². The van der Waals surface area contributed by atoms with E-state index in [-0.39, 0.29) is 30.7 Å². The molecule has 1 heterocycles. The maximum atomic E-state index is 11.6. The van der Waals surface area contributed by atoms with Gasteiger partial charge in [-0.2, -0.15) is 0 Å². The van der Waals surface area contributed by atoms with E-state index in [1.807, 2.05) is 12.1 Å². The highest BCUT2D eigenvalue weighted by molar-refractivity contribution is 5.85. The average Bonchev–Trinajstić information content (AvgIpc) is 2.70. The van der Waals surface area contributed by atoms with Crippen LogP contribution in [0.5, 0.6) is 0 Å². The number of anilines is 1. The molecular weight excluding hydrogens is 273 g/mol. The van der Waals surface area contributed by atoms with Gasteiger partial charge in [0.2, 0.25) is 5.91 Å². The van der Waals surface area contributed by atoms with Gasteiger partial charge >= 0.3 is 0 Å². The normalized spacial score (nSPS) is 12.2. The highest BCUT2D eigenvalue weighted by Gasteiger charge is 2.19. The zero-order chi connectivity index (χ0) is 11.4. The van der Waals surface area contributed by atoms with E-state index in [1.54, 1.807) is 0 Å². The van der Waals surface area contributed by atoms with Crippen LogP contribution in [0.15, 0.2) is 24.3 Å². The number of nitrogens with zero attached hydrogens (tertiary/aromatic N) is 1. The van der Waals surface area contributed by atoms with Crippen LogP contribution in [-0.2, 0) is 11.2 Å². The lowest BCUT2D eigenvalue weighted by atomic mass is 10.2. The predicted octanol–water partition coefficient (Wildman–Crippen LogP) is 0.968. The fourth-order valence-electron chi connectivity index (χ4n) is 2.01. The number of nitrogens with one attached hydrogen (secondary N) is 1. The Morgan fingerprint density at radius 1 is 1.33 bits per heavy atom. The quantitative estimate of drug-likeness (QED) is 0.869. The van der Waals surface area contributed by atoms with E-state index in [2.05, 4.69) is 22.3 Å². The van der Waals surface area contributed by atoms with Gasteiger partial charge in [0.15, 0.2) is 0 Å². The second-order valence-corrected chi connectivity index (χ2v) is 3.94. The van der Waals surface area contributed by atoms with Crippen LogP contribution in [0.4, 0.5) is 5.69 Å². The van der Waals surface area contributed by atoms with Crippen molar-refractivity contribution in [2.45, 2.75) is 6.42 Å². The molecule has 0 spiro atoms. The Morgan fingerprint density at radius 2 is 2.06 bits per heavy atom. The third-order valence-corrected chi connectivity index (χ3v) is 2.78. The van der Waals surface area contributed by atoms with Crippen LogP contribution in [-0.4, -0.2) is 32.1 Å². The highest BCUT2D eigenvalue weighted by Crippen LogP contribution is 2.26. The number of halogens is 2. The van der Waals surface area contributed by atoms with Gasteiger partial charge in [-0.1, -0.05) is 18.2 Å². The van der Waals surface area contributed by atoms with E-state index >= 15 is 0 Å². The summed E-state index contributed by atoms with van der Waals surface area (Å²) >= 11 is 0. The molecule has 0 fully saturated rings. The zero-order valence-electron chi connectivity index (χ0n) is 10.1. The lowest BCUT2D eigenvalue weighted by Crippen LogP contribution is -2.38. The molecule has 0 unspecified atom stereocenters. The molecule has 18 heavy (non-hydrogen) atoms. The van der Waals surface area contributed by atoms with Crippen LogP contribution in [0.1, 0.15) is 5.56 Å². The Balaban J connectivity index is 0.00000144. The maximum Gasteiger partial charge on any atom is 0.239 e. The fourth-order valence-corrected chi connectivity index (χ4v) is 2.01. The van der Waals surface area contributed by atoms with Gasteiger partial charge < -0.3 is 16.0 Å². The summed E-state index contributed by atoms with van der Waals surface area (Å²) in [5.74, 6) is 0.0437. The van der Waals surface area contributed by atoms with E-state index in [0.29, 0.717) is 19.6 Å². The molecule has 0 aliphatic carbocycles. The molecular formula is C12H19Cl2N3O. The van der Waals surface area contributed by atoms with Gasteiger partial charge in [0.1, 0.15) is 0 Å². The van der Waals surface area contributed by atoms with Crippen molar-refractivity contribution < 1.29 is 4.79 Å². The van der Waals surface area contributed by atoms with Crippen LogP contribution in [0.3, 0.4) is 0 Å². The first-order chi connectivity index (χ1) is 7.81. The van der Waals surface area contributed by atoms with Crippen LogP contribution < -0.4 is 16.0 Å². The molecule has 1 aromatic carbocycles. The summed E-state index contributed by atoms with van der Waals surface area (Å²) in [6, 6.07) is 8.23. The van der Waals surface area contributed by atoms with Gasteiger partial charge in [-0.15, -0.1) is 24.8 Å². The topological polar surface area (TPSA) is 58.4 Å². The first-order valence-electron chi connectivity index (χ1n) is 5.61. The minimum absolute atomic E-state index is 0. The number of carbonyl (C=O) groups is 1. The average molecular weight is 292 g/mol. The van der Waals surface area contributed by atoms with Gasteiger partial charge in [0.05, 0.1) is 6.54 Å². The molecule has 0 atom stereocenters. The first-order valence-corrected chi connectivity index (χ1v) is 5.61. The molecule has 2 rings (SSSR count). The SMILES string of the molecule is Cl.Cl.NCCNC(=O)CN1CCc2ccccc21. The third kappa shape index (κ3) is 4.05. The van der Waals surface area contributed by atoms with Crippen molar-refractivity contribution in [1.29, 1.82) is 0 Å². The lowest BCUT2D eigenvalue weighted by molar-refractivity contribution is -0.119. The Hall–Kier alpha value is -0.970. The number of fused-ring (bicyclic) bond motifs is 1. The van der Waals surface area contributed by atoms with E-state index in [0.717, 1.165) is 13.0 Å². The van der Waals surface area contributed by atoms with E-state index in [9.17, 15) is 4.79 Å². The molecule has 0 radical (unpaired) electrons. The minimum Gasteiger partial charge on any atom is -0.362 e. The van der Waals surface area contributed by atoms with Gasteiger partial charge in [-0.25, -0.2) is 0 Å². The molecule has 3 N–H and O–H groups in total. The maximum absolute atomic E-state index is 11.6. The monoisotopic (exact) mass is 291 g/mol. The Labute approximate surface area is 120 Å². The summed E-state index contributed by atoms with van der Waals surface area (Å²) in [5.41, 5.74) is 7.85. The van der Waals surface area contributed by atoms with E-state index < -0.39 is 0 Å². The van der Waals surface area contributed by atoms with E-state index in [4.69, 9.17) is 5.73 Å². The van der Waals surface area contributed by atoms with Crippen molar-refractivity contribution in [3.63, 3.8) is 0 Å². The first kappa shape index (κ1) is 17.0. The number of benzene rings is 1. The van der Waals surface area contributed by atoms with Gasteiger partial charge in [-0.3, -0.25) is 4.79 Å². The number of hydrogen-bond acceptors (Lipinski definition) is 3. The molecule has 4 nitrogen and oxygen atoms in total. The molecule has 1 amide bonds. The number of hydrogen-bond donors (Lipinski definition) is 2. The Morgan fingerprint density at radius 3 is 2.78 bits per heavy atom. The molecule has 0 saturated heterocycles. The number of rotatable bonds is 4. The number of para-hydroxylation sites is 1. The minimum atomic E-state index is 0. The lowest BCUT2D eigenvalue weighted by Gasteiger charge is -2.18. The zero-order valence-corrected chi connectivity index (χ0v) is 11.7. The van der Waals surface area contributed by atoms with Gasteiger partial charge in [-0.05, 0) is 18.1 Å². The van der Waals surface area contributed by atoms with Crippen LogP contribution >= 0.6 is 24.8 Å². The molecule has 0 bridgehead atoms. The summed E-state index contributed by atoms with van der Waals surface area (Å²) in [6.45, 7) is 2.39. The van der Waals surface area contributed by atoms with Crippen molar-refractivity contribution in [3.05, 3.63) is 29.8 Å². The standard InChI is InChI=1S/C12H17N3O.2ClH/c13-6-7-14-12(16)9-15-8-5-10-3-1-2-4-11(10)15;;/h1-4H,5-9,13H2,(H,14,16);2*1H. The van der Waals surface area contributed by atoms with Crippen molar-refractivity contribution in [3.8, 4) is 0 Å². The molecule has 0 saturated carbocycles. The summed E-state index contributed by atoms with van der Waals surface area (Å²) in [7, 11) is 0. The van der Waals surface area contributed by atoms with Gasteiger partial charge in [0, 0.05) is 25.3 Å². The molecule has 6 heteroatoms. The number of nitrogens with two attached hydrogens (primary N) is 1. The molecule has 1 aliphatic heterocycles. The highest BCUT2D eigenvalue weighted by atomic mass is 35.5. The second-order valence-electron chi connectivity index (χ2n) is 3.94. The molecule has 0 aromatic heterocycles.